The average molecular weight is 331 g/mol. The maximum absolute atomic E-state index is 12.9. The molecule has 0 aliphatic carbocycles. The van der Waals surface area contributed by atoms with Gasteiger partial charge in [0.15, 0.2) is 5.76 Å². The van der Waals surface area contributed by atoms with Crippen LogP contribution in [0.4, 0.5) is 4.39 Å². The molecule has 0 unspecified atom stereocenters. The summed E-state index contributed by atoms with van der Waals surface area (Å²) < 4.78 is 18.2. The standard InChI is InChI=1S/C17H18FN3O3/c18-13-3-1-11(2-4-13)15-9-14(20-24-15)10-16(22)21-7-5-12(6-8-21)17(19)23/h1-4,9,12H,5-8,10H2,(H2,19,23). The smallest absolute Gasteiger partial charge is 0.228 e. The van der Waals surface area contributed by atoms with Crippen LogP contribution in [0.5, 0.6) is 0 Å². The number of benzene rings is 1. The van der Waals surface area contributed by atoms with Gasteiger partial charge in [-0.15, -0.1) is 0 Å². The maximum atomic E-state index is 12.9. The molecule has 2 heterocycles. The highest BCUT2D eigenvalue weighted by molar-refractivity contribution is 5.80. The molecule has 126 valence electrons. The van der Waals surface area contributed by atoms with E-state index in [1.165, 1.54) is 12.1 Å². The number of carbonyl (C=O) groups is 2. The van der Waals surface area contributed by atoms with Crippen molar-refractivity contribution in [1.82, 2.24) is 10.1 Å². The maximum Gasteiger partial charge on any atom is 0.228 e. The number of piperidine rings is 1. The zero-order valence-electron chi connectivity index (χ0n) is 13.1. The Kier molecular flexibility index (Phi) is 4.59. The predicted octanol–water partition coefficient (Wildman–Crippen LogP) is 1.75. The molecular weight excluding hydrogens is 313 g/mol. The molecule has 6 nitrogen and oxygen atoms in total. The summed E-state index contributed by atoms with van der Waals surface area (Å²) in [6, 6.07) is 7.55. The minimum atomic E-state index is -0.326. The number of hydrogen-bond donors (Lipinski definition) is 1. The molecule has 2 N–H and O–H groups in total. The molecule has 0 spiro atoms. The monoisotopic (exact) mass is 331 g/mol. The summed E-state index contributed by atoms with van der Waals surface area (Å²) in [4.78, 5) is 25.2. The van der Waals surface area contributed by atoms with Crippen LogP contribution >= 0.6 is 0 Å². The molecule has 0 radical (unpaired) electrons. The summed E-state index contributed by atoms with van der Waals surface area (Å²) in [6.45, 7) is 1.05. The van der Waals surface area contributed by atoms with Gasteiger partial charge in [-0.3, -0.25) is 9.59 Å². The van der Waals surface area contributed by atoms with Crippen molar-refractivity contribution >= 4 is 11.8 Å². The van der Waals surface area contributed by atoms with E-state index in [1.807, 2.05) is 0 Å². The van der Waals surface area contributed by atoms with Gasteiger partial charge in [0.05, 0.1) is 12.1 Å². The number of hydrogen-bond acceptors (Lipinski definition) is 4. The second-order valence-electron chi connectivity index (χ2n) is 5.92. The minimum absolute atomic E-state index is 0.0584. The Morgan fingerprint density at radius 3 is 2.54 bits per heavy atom. The van der Waals surface area contributed by atoms with E-state index < -0.39 is 0 Å². The first-order valence-electron chi connectivity index (χ1n) is 7.81. The summed E-state index contributed by atoms with van der Waals surface area (Å²) >= 11 is 0. The van der Waals surface area contributed by atoms with Gasteiger partial charge in [-0.05, 0) is 37.1 Å². The molecule has 1 aromatic heterocycles. The Morgan fingerprint density at radius 1 is 1.25 bits per heavy atom. The van der Waals surface area contributed by atoms with Gasteiger partial charge in [0.1, 0.15) is 5.82 Å². The van der Waals surface area contributed by atoms with Gasteiger partial charge < -0.3 is 15.2 Å². The topological polar surface area (TPSA) is 89.4 Å². The molecule has 0 saturated carbocycles. The van der Waals surface area contributed by atoms with E-state index in [1.54, 1.807) is 23.1 Å². The SMILES string of the molecule is NC(=O)C1CCN(C(=O)Cc2cc(-c3ccc(F)cc3)on2)CC1. The number of halogens is 1. The van der Waals surface area contributed by atoms with E-state index in [0.717, 1.165) is 0 Å². The molecule has 2 aromatic rings. The van der Waals surface area contributed by atoms with Crippen LogP contribution < -0.4 is 5.73 Å². The normalized spacial score (nSPS) is 15.5. The zero-order chi connectivity index (χ0) is 17.1. The van der Waals surface area contributed by atoms with Crippen LogP contribution in [0.15, 0.2) is 34.9 Å². The first kappa shape index (κ1) is 16.2. The van der Waals surface area contributed by atoms with Crippen molar-refractivity contribution < 1.29 is 18.5 Å². The van der Waals surface area contributed by atoms with Gasteiger partial charge in [-0.2, -0.15) is 0 Å². The Bertz CT molecular complexity index is 734. The van der Waals surface area contributed by atoms with Crippen molar-refractivity contribution in [2.75, 3.05) is 13.1 Å². The molecule has 2 amide bonds. The van der Waals surface area contributed by atoms with Crippen molar-refractivity contribution in [1.29, 1.82) is 0 Å². The Balaban J connectivity index is 1.59. The van der Waals surface area contributed by atoms with Crippen LogP contribution in [0.3, 0.4) is 0 Å². The third kappa shape index (κ3) is 3.61. The van der Waals surface area contributed by atoms with Gasteiger partial charge in [0, 0.05) is 30.6 Å². The van der Waals surface area contributed by atoms with E-state index >= 15 is 0 Å². The molecule has 0 bridgehead atoms. The molecule has 1 aliphatic heterocycles. The van der Waals surface area contributed by atoms with Gasteiger partial charge >= 0.3 is 0 Å². The lowest BCUT2D eigenvalue weighted by Crippen LogP contribution is -2.42. The predicted molar refractivity (Wildman–Crippen MR) is 84.1 cm³/mol. The number of aromatic nitrogens is 1. The molecule has 1 saturated heterocycles. The molecule has 0 atom stereocenters. The van der Waals surface area contributed by atoms with E-state index in [2.05, 4.69) is 5.16 Å². The molecule has 7 heteroatoms. The Morgan fingerprint density at radius 2 is 1.92 bits per heavy atom. The third-order valence-electron chi connectivity index (χ3n) is 4.27. The first-order valence-corrected chi connectivity index (χ1v) is 7.81. The summed E-state index contributed by atoms with van der Waals surface area (Å²) in [6.07, 6.45) is 1.33. The fourth-order valence-corrected chi connectivity index (χ4v) is 2.83. The molecule has 24 heavy (non-hydrogen) atoms. The van der Waals surface area contributed by atoms with Crippen molar-refractivity contribution in [3.05, 3.63) is 41.8 Å². The van der Waals surface area contributed by atoms with Crippen LogP contribution in [0, 0.1) is 11.7 Å². The number of nitrogens with zero attached hydrogens (tertiary/aromatic N) is 2. The molecule has 1 fully saturated rings. The minimum Gasteiger partial charge on any atom is -0.369 e. The number of likely N-dealkylation sites (tertiary alicyclic amines) is 1. The second-order valence-corrected chi connectivity index (χ2v) is 5.92. The lowest BCUT2D eigenvalue weighted by Gasteiger charge is -2.30. The van der Waals surface area contributed by atoms with Gasteiger partial charge in [-0.1, -0.05) is 5.16 Å². The number of carbonyl (C=O) groups excluding carboxylic acids is 2. The van der Waals surface area contributed by atoms with Crippen LogP contribution in [-0.2, 0) is 16.0 Å². The van der Waals surface area contributed by atoms with E-state index in [9.17, 15) is 14.0 Å². The average Bonchev–Trinajstić information content (AvgIpc) is 3.04. The fourth-order valence-electron chi connectivity index (χ4n) is 2.83. The van der Waals surface area contributed by atoms with E-state index in [4.69, 9.17) is 10.3 Å². The molecule has 1 aromatic carbocycles. The quantitative estimate of drug-likeness (QED) is 0.924. The van der Waals surface area contributed by atoms with E-state index in [-0.39, 0.29) is 30.0 Å². The van der Waals surface area contributed by atoms with Gasteiger partial charge in [0.2, 0.25) is 11.8 Å². The highest BCUT2D eigenvalue weighted by atomic mass is 19.1. The van der Waals surface area contributed by atoms with Crippen LogP contribution in [0.1, 0.15) is 18.5 Å². The third-order valence-corrected chi connectivity index (χ3v) is 4.27. The Hall–Kier alpha value is -2.70. The number of nitrogens with two attached hydrogens (primary N) is 1. The van der Waals surface area contributed by atoms with Crippen LogP contribution in [-0.4, -0.2) is 35.0 Å². The molecule has 1 aliphatic rings. The van der Waals surface area contributed by atoms with Crippen molar-refractivity contribution in [3.63, 3.8) is 0 Å². The van der Waals surface area contributed by atoms with Crippen molar-refractivity contribution in [2.24, 2.45) is 11.7 Å². The second kappa shape index (κ2) is 6.82. The largest absolute Gasteiger partial charge is 0.369 e. The summed E-state index contributed by atoms with van der Waals surface area (Å²) in [7, 11) is 0. The highest BCUT2D eigenvalue weighted by Gasteiger charge is 2.26. The number of amides is 2. The van der Waals surface area contributed by atoms with Crippen molar-refractivity contribution in [3.8, 4) is 11.3 Å². The van der Waals surface area contributed by atoms with Crippen LogP contribution in [0.2, 0.25) is 0 Å². The lowest BCUT2D eigenvalue weighted by molar-refractivity contribution is -0.134. The summed E-state index contributed by atoms with van der Waals surface area (Å²) in [5.41, 5.74) is 6.51. The molecular formula is C17H18FN3O3. The molecule has 3 rings (SSSR count). The van der Waals surface area contributed by atoms with Gasteiger partial charge in [-0.25, -0.2) is 4.39 Å². The lowest BCUT2D eigenvalue weighted by atomic mass is 9.96. The summed E-state index contributed by atoms with van der Waals surface area (Å²) in [5.74, 6) is -0.344. The fraction of sp³-hybridized carbons (Fsp3) is 0.353. The Labute approximate surface area is 138 Å². The summed E-state index contributed by atoms with van der Waals surface area (Å²) in [5, 5.41) is 3.90. The number of rotatable bonds is 4. The van der Waals surface area contributed by atoms with Crippen LogP contribution in [0.25, 0.3) is 11.3 Å². The zero-order valence-corrected chi connectivity index (χ0v) is 13.1. The van der Waals surface area contributed by atoms with Gasteiger partial charge in [0.25, 0.3) is 0 Å². The van der Waals surface area contributed by atoms with Crippen molar-refractivity contribution in [2.45, 2.75) is 19.3 Å². The highest BCUT2D eigenvalue weighted by Crippen LogP contribution is 2.22. The first-order chi connectivity index (χ1) is 11.5. The number of primary amides is 1. The van der Waals surface area contributed by atoms with E-state index in [0.29, 0.717) is 42.9 Å².